The third-order valence-electron chi connectivity index (χ3n) is 5.71. The molecule has 1 aliphatic rings. The molecule has 2 amide bonds. The normalized spacial score (nSPS) is 12.4. The molecule has 3 heterocycles. The zero-order chi connectivity index (χ0) is 25.6. The summed E-state index contributed by atoms with van der Waals surface area (Å²) < 4.78 is 16.4. The summed E-state index contributed by atoms with van der Waals surface area (Å²) in [6.07, 6.45) is 0.722. The van der Waals surface area contributed by atoms with E-state index in [4.69, 9.17) is 14.2 Å². The SMILES string of the molecule is COc1cc(N2CCc3nc(NC(=O)Nc4ccccc4OCc4ccccc4)sc3C2)nc(OC)n1. The van der Waals surface area contributed by atoms with E-state index in [0.29, 0.717) is 41.4 Å². The average Bonchev–Trinajstić information content (AvgIpc) is 3.34. The number of thiazole rings is 1. The molecule has 5 rings (SSSR count). The summed E-state index contributed by atoms with van der Waals surface area (Å²) in [5.74, 6) is 1.73. The molecule has 2 aromatic heterocycles. The highest BCUT2D eigenvalue weighted by molar-refractivity contribution is 7.15. The van der Waals surface area contributed by atoms with Gasteiger partial charge in [-0.15, -0.1) is 0 Å². The topological polar surface area (TPSA) is 111 Å². The first-order valence-electron chi connectivity index (χ1n) is 11.7. The number of carbonyl (C=O) groups is 1. The Bertz CT molecular complexity index is 1360. The summed E-state index contributed by atoms with van der Waals surface area (Å²) >= 11 is 1.44. The van der Waals surface area contributed by atoms with E-state index in [1.165, 1.54) is 18.4 Å². The fourth-order valence-electron chi connectivity index (χ4n) is 3.88. The van der Waals surface area contributed by atoms with E-state index >= 15 is 0 Å². The molecular weight excluding hydrogens is 492 g/mol. The van der Waals surface area contributed by atoms with Crippen molar-refractivity contribution in [2.45, 2.75) is 19.6 Å². The third kappa shape index (κ3) is 5.89. The number of ether oxygens (including phenoxy) is 3. The van der Waals surface area contributed by atoms with Gasteiger partial charge >= 0.3 is 12.0 Å². The van der Waals surface area contributed by atoms with Crippen LogP contribution in [0.4, 0.5) is 21.4 Å². The van der Waals surface area contributed by atoms with Crippen molar-refractivity contribution in [2.75, 3.05) is 36.3 Å². The molecule has 0 atom stereocenters. The number of anilines is 3. The molecular formula is C26H26N6O4S. The number of para-hydroxylation sites is 2. The summed E-state index contributed by atoms with van der Waals surface area (Å²) in [5.41, 5.74) is 2.59. The molecule has 2 aromatic carbocycles. The lowest BCUT2D eigenvalue weighted by Crippen LogP contribution is -2.30. The van der Waals surface area contributed by atoms with Crippen molar-refractivity contribution in [3.63, 3.8) is 0 Å². The Kier molecular flexibility index (Phi) is 7.31. The molecule has 2 N–H and O–H groups in total. The van der Waals surface area contributed by atoms with Crippen LogP contribution in [-0.4, -0.2) is 41.7 Å². The van der Waals surface area contributed by atoms with Gasteiger partial charge in [0.25, 0.3) is 0 Å². The van der Waals surface area contributed by atoms with E-state index < -0.39 is 0 Å². The molecule has 4 aromatic rings. The highest BCUT2D eigenvalue weighted by atomic mass is 32.1. The van der Waals surface area contributed by atoms with Crippen molar-refractivity contribution >= 4 is 34.0 Å². The zero-order valence-electron chi connectivity index (χ0n) is 20.4. The summed E-state index contributed by atoms with van der Waals surface area (Å²) in [7, 11) is 3.08. The fourth-order valence-corrected chi connectivity index (χ4v) is 4.90. The number of hydrogen-bond acceptors (Lipinski definition) is 9. The minimum Gasteiger partial charge on any atom is -0.487 e. The number of hydrogen-bond donors (Lipinski definition) is 2. The first-order chi connectivity index (χ1) is 18.1. The second-order valence-corrected chi connectivity index (χ2v) is 9.25. The number of benzene rings is 2. The van der Waals surface area contributed by atoms with Gasteiger partial charge in [-0.2, -0.15) is 9.97 Å². The Morgan fingerprint density at radius 1 is 1.00 bits per heavy atom. The molecule has 0 radical (unpaired) electrons. The highest BCUT2D eigenvalue weighted by Crippen LogP contribution is 2.32. The van der Waals surface area contributed by atoms with Crippen molar-refractivity contribution in [1.82, 2.24) is 15.0 Å². The zero-order valence-corrected chi connectivity index (χ0v) is 21.2. The van der Waals surface area contributed by atoms with Gasteiger partial charge in [-0.3, -0.25) is 5.32 Å². The standard InChI is InChI=1S/C26H26N6O4S/c1-34-23-14-22(29-25(30-23)35-2)32-13-12-19-21(15-32)37-26(28-19)31-24(33)27-18-10-6-7-11-20(18)36-16-17-8-4-3-5-9-17/h3-11,14H,12-13,15-16H2,1-2H3,(H2,27,28,31,33). The Labute approximate surface area is 218 Å². The molecule has 10 nitrogen and oxygen atoms in total. The minimum absolute atomic E-state index is 0.247. The van der Waals surface area contributed by atoms with E-state index in [9.17, 15) is 4.79 Å². The van der Waals surface area contributed by atoms with Gasteiger partial charge in [0.15, 0.2) is 5.13 Å². The molecule has 11 heteroatoms. The van der Waals surface area contributed by atoms with Crippen LogP contribution in [0, 0.1) is 0 Å². The summed E-state index contributed by atoms with van der Waals surface area (Å²) in [6, 6.07) is 18.8. The van der Waals surface area contributed by atoms with Crippen molar-refractivity contribution in [3.05, 3.63) is 76.8 Å². The van der Waals surface area contributed by atoms with Crippen molar-refractivity contribution in [2.24, 2.45) is 0 Å². The molecule has 0 fully saturated rings. The molecule has 190 valence electrons. The maximum absolute atomic E-state index is 12.8. The maximum atomic E-state index is 12.8. The van der Waals surface area contributed by atoms with Crippen LogP contribution in [-0.2, 0) is 19.6 Å². The van der Waals surface area contributed by atoms with Crippen LogP contribution < -0.4 is 29.7 Å². The second kappa shape index (κ2) is 11.1. The van der Waals surface area contributed by atoms with E-state index in [0.717, 1.165) is 29.1 Å². The average molecular weight is 519 g/mol. The van der Waals surface area contributed by atoms with Crippen molar-refractivity contribution in [3.8, 4) is 17.6 Å². The van der Waals surface area contributed by atoms with E-state index in [1.807, 2.05) is 48.5 Å². The Hall–Kier alpha value is -4.38. The van der Waals surface area contributed by atoms with Crippen LogP contribution in [0.3, 0.4) is 0 Å². The van der Waals surface area contributed by atoms with Crippen LogP contribution in [0.15, 0.2) is 60.7 Å². The van der Waals surface area contributed by atoms with Crippen LogP contribution >= 0.6 is 11.3 Å². The smallest absolute Gasteiger partial charge is 0.325 e. The van der Waals surface area contributed by atoms with Gasteiger partial charge in [-0.05, 0) is 17.7 Å². The van der Waals surface area contributed by atoms with Gasteiger partial charge in [0, 0.05) is 23.9 Å². The van der Waals surface area contributed by atoms with Crippen LogP contribution in [0.5, 0.6) is 17.6 Å². The van der Waals surface area contributed by atoms with Gasteiger partial charge in [-0.25, -0.2) is 9.78 Å². The van der Waals surface area contributed by atoms with Gasteiger partial charge in [0.05, 0.1) is 32.1 Å². The molecule has 0 aliphatic carbocycles. The summed E-state index contributed by atoms with van der Waals surface area (Å²) in [4.78, 5) is 29.2. The fraction of sp³-hybridized carbons (Fsp3) is 0.231. The molecule has 0 spiro atoms. The van der Waals surface area contributed by atoms with E-state index in [2.05, 4.69) is 30.5 Å². The Morgan fingerprint density at radius 2 is 1.81 bits per heavy atom. The van der Waals surface area contributed by atoms with E-state index in [-0.39, 0.29) is 12.0 Å². The third-order valence-corrected chi connectivity index (χ3v) is 6.71. The number of nitrogens with zero attached hydrogens (tertiary/aromatic N) is 4. The van der Waals surface area contributed by atoms with Crippen molar-refractivity contribution < 1.29 is 19.0 Å². The number of fused-ring (bicyclic) bond motifs is 1. The predicted molar refractivity (Wildman–Crippen MR) is 142 cm³/mol. The number of urea groups is 1. The van der Waals surface area contributed by atoms with Gasteiger partial charge in [0.1, 0.15) is 18.2 Å². The summed E-state index contributed by atoms with van der Waals surface area (Å²) in [5, 5.41) is 6.26. The Balaban J connectivity index is 1.23. The van der Waals surface area contributed by atoms with Crippen LogP contribution in [0.2, 0.25) is 0 Å². The Morgan fingerprint density at radius 3 is 2.62 bits per heavy atom. The number of aromatic nitrogens is 3. The lowest BCUT2D eigenvalue weighted by Gasteiger charge is -2.27. The van der Waals surface area contributed by atoms with Gasteiger partial charge in [0.2, 0.25) is 5.88 Å². The van der Waals surface area contributed by atoms with Gasteiger partial charge < -0.3 is 24.4 Å². The number of rotatable bonds is 8. The highest BCUT2D eigenvalue weighted by Gasteiger charge is 2.24. The molecule has 0 saturated carbocycles. The minimum atomic E-state index is -0.385. The number of nitrogens with one attached hydrogen (secondary N) is 2. The molecule has 0 unspecified atom stereocenters. The first-order valence-corrected chi connectivity index (χ1v) is 12.5. The molecule has 0 saturated heterocycles. The first kappa shape index (κ1) is 24.3. The number of amides is 2. The lowest BCUT2D eigenvalue weighted by atomic mass is 10.2. The predicted octanol–water partition coefficient (Wildman–Crippen LogP) is 4.74. The number of methoxy groups -OCH3 is 2. The van der Waals surface area contributed by atoms with Crippen LogP contribution in [0.25, 0.3) is 0 Å². The number of carbonyl (C=O) groups excluding carboxylic acids is 1. The summed E-state index contributed by atoms with van der Waals surface area (Å²) in [6.45, 7) is 1.73. The molecule has 37 heavy (non-hydrogen) atoms. The molecule has 1 aliphatic heterocycles. The van der Waals surface area contributed by atoms with Crippen LogP contribution in [0.1, 0.15) is 16.1 Å². The lowest BCUT2D eigenvalue weighted by molar-refractivity contribution is 0.261. The monoisotopic (exact) mass is 518 g/mol. The maximum Gasteiger partial charge on any atom is 0.325 e. The van der Waals surface area contributed by atoms with Gasteiger partial charge in [-0.1, -0.05) is 53.8 Å². The second-order valence-electron chi connectivity index (χ2n) is 8.17. The largest absolute Gasteiger partial charge is 0.487 e. The van der Waals surface area contributed by atoms with E-state index in [1.54, 1.807) is 19.2 Å². The quantitative estimate of drug-likeness (QED) is 0.344. The molecule has 0 bridgehead atoms. The van der Waals surface area contributed by atoms with Crippen molar-refractivity contribution in [1.29, 1.82) is 0 Å².